The Labute approximate surface area is 104 Å². The molecule has 4 heteroatoms. The predicted molar refractivity (Wildman–Crippen MR) is 68.5 cm³/mol. The van der Waals surface area contributed by atoms with E-state index in [1.54, 1.807) is 0 Å². The van der Waals surface area contributed by atoms with Crippen LogP contribution >= 0.6 is 0 Å². The fourth-order valence-corrected chi connectivity index (χ4v) is 2.64. The molecule has 1 rings (SSSR count). The molecule has 1 aliphatic carbocycles. The number of amides is 1. The molecular weight excluding hydrogens is 216 g/mol. The normalized spacial score (nSPS) is 19.3. The lowest BCUT2D eigenvalue weighted by Gasteiger charge is -2.36. The second kappa shape index (κ2) is 5.83. The topological polar surface area (TPSA) is 75.3 Å². The largest absolute Gasteiger partial charge is 0.394 e. The summed E-state index contributed by atoms with van der Waals surface area (Å²) in [6.07, 6.45) is 5.40. The summed E-state index contributed by atoms with van der Waals surface area (Å²) in [6.45, 7) is 4.38. The molecular formula is C13H26N2O2. The SMILES string of the molecule is CCC(CC)(CO)NC(=O)C1(CN)CCCC1. The molecule has 0 aromatic rings. The van der Waals surface area contributed by atoms with Gasteiger partial charge in [-0.15, -0.1) is 0 Å². The van der Waals surface area contributed by atoms with Crippen LogP contribution in [-0.4, -0.2) is 29.7 Å². The number of rotatable bonds is 6. The third-order valence-corrected chi connectivity index (χ3v) is 4.47. The van der Waals surface area contributed by atoms with Crippen LogP contribution in [0.4, 0.5) is 0 Å². The summed E-state index contributed by atoms with van der Waals surface area (Å²) >= 11 is 0. The predicted octanol–water partition coefficient (Wildman–Crippen LogP) is 1.17. The number of aliphatic hydroxyl groups excluding tert-OH is 1. The molecule has 0 heterocycles. The third-order valence-electron chi connectivity index (χ3n) is 4.47. The minimum atomic E-state index is -0.470. The Morgan fingerprint density at radius 2 is 1.88 bits per heavy atom. The smallest absolute Gasteiger partial charge is 0.228 e. The standard InChI is InChI=1S/C13H26N2O2/c1-3-13(4-2,10-16)15-11(17)12(9-14)7-5-6-8-12/h16H,3-10,14H2,1-2H3,(H,15,17). The van der Waals surface area contributed by atoms with E-state index in [2.05, 4.69) is 5.32 Å². The molecule has 100 valence electrons. The first kappa shape index (κ1) is 14.5. The van der Waals surface area contributed by atoms with Crippen molar-refractivity contribution in [2.75, 3.05) is 13.2 Å². The Balaban J connectivity index is 2.75. The van der Waals surface area contributed by atoms with Crippen molar-refractivity contribution in [2.24, 2.45) is 11.1 Å². The molecule has 0 aromatic carbocycles. The summed E-state index contributed by atoms with van der Waals surface area (Å²) in [5.74, 6) is 0.0373. The molecule has 0 atom stereocenters. The third kappa shape index (κ3) is 2.80. The van der Waals surface area contributed by atoms with Gasteiger partial charge in [-0.3, -0.25) is 4.79 Å². The van der Waals surface area contributed by atoms with Crippen LogP contribution in [0.3, 0.4) is 0 Å². The van der Waals surface area contributed by atoms with Crippen molar-refractivity contribution in [3.05, 3.63) is 0 Å². The number of hydrogen-bond donors (Lipinski definition) is 3. The van der Waals surface area contributed by atoms with E-state index in [9.17, 15) is 9.90 Å². The highest BCUT2D eigenvalue weighted by Gasteiger charge is 2.42. The molecule has 0 bridgehead atoms. The van der Waals surface area contributed by atoms with E-state index in [1.165, 1.54) is 0 Å². The van der Waals surface area contributed by atoms with Crippen molar-refractivity contribution < 1.29 is 9.90 Å². The van der Waals surface area contributed by atoms with Gasteiger partial charge in [-0.25, -0.2) is 0 Å². The first-order chi connectivity index (χ1) is 8.08. The highest BCUT2D eigenvalue weighted by Crippen LogP contribution is 2.38. The lowest BCUT2D eigenvalue weighted by Crippen LogP contribution is -2.56. The van der Waals surface area contributed by atoms with Crippen LogP contribution in [0.1, 0.15) is 52.4 Å². The zero-order valence-corrected chi connectivity index (χ0v) is 11.1. The van der Waals surface area contributed by atoms with Gasteiger partial charge in [-0.05, 0) is 25.7 Å². The summed E-state index contributed by atoms with van der Waals surface area (Å²) in [7, 11) is 0. The van der Waals surface area contributed by atoms with E-state index < -0.39 is 5.54 Å². The van der Waals surface area contributed by atoms with Gasteiger partial charge in [-0.2, -0.15) is 0 Å². The van der Waals surface area contributed by atoms with Crippen molar-refractivity contribution in [3.63, 3.8) is 0 Å². The van der Waals surface area contributed by atoms with Gasteiger partial charge in [0, 0.05) is 6.54 Å². The Bertz CT molecular complexity index is 248. The molecule has 1 saturated carbocycles. The van der Waals surface area contributed by atoms with Crippen molar-refractivity contribution in [2.45, 2.75) is 57.9 Å². The maximum Gasteiger partial charge on any atom is 0.228 e. The highest BCUT2D eigenvalue weighted by atomic mass is 16.3. The Kier molecular flexibility index (Phi) is 4.95. The van der Waals surface area contributed by atoms with Gasteiger partial charge in [0.05, 0.1) is 17.6 Å². The zero-order valence-electron chi connectivity index (χ0n) is 11.1. The number of nitrogens with one attached hydrogen (secondary N) is 1. The number of hydrogen-bond acceptors (Lipinski definition) is 3. The lowest BCUT2D eigenvalue weighted by atomic mass is 9.83. The van der Waals surface area contributed by atoms with E-state index >= 15 is 0 Å². The van der Waals surface area contributed by atoms with Crippen molar-refractivity contribution in [1.82, 2.24) is 5.32 Å². The molecule has 17 heavy (non-hydrogen) atoms. The molecule has 0 saturated heterocycles. The maximum absolute atomic E-state index is 12.4. The molecule has 4 nitrogen and oxygen atoms in total. The van der Waals surface area contributed by atoms with E-state index in [4.69, 9.17) is 5.73 Å². The fourth-order valence-electron chi connectivity index (χ4n) is 2.64. The fraction of sp³-hybridized carbons (Fsp3) is 0.923. The molecule has 1 fully saturated rings. The van der Waals surface area contributed by atoms with Crippen LogP contribution in [0.2, 0.25) is 0 Å². The Morgan fingerprint density at radius 3 is 2.24 bits per heavy atom. The first-order valence-electron chi connectivity index (χ1n) is 6.71. The Hall–Kier alpha value is -0.610. The lowest BCUT2D eigenvalue weighted by molar-refractivity contribution is -0.133. The summed E-state index contributed by atoms with van der Waals surface area (Å²) in [5, 5.41) is 12.5. The highest BCUT2D eigenvalue weighted by molar-refractivity contribution is 5.84. The summed E-state index contributed by atoms with van der Waals surface area (Å²) in [6, 6.07) is 0. The number of carbonyl (C=O) groups excluding carboxylic acids is 1. The number of aliphatic hydroxyl groups is 1. The van der Waals surface area contributed by atoms with Crippen molar-refractivity contribution in [1.29, 1.82) is 0 Å². The summed E-state index contributed by atoms with van der Waals surface area (Å²) in [5.41, 5.74) is 4.94. The second-order valence-electron chi connectivity index (χ2n) is 5.29. The minimum Gasteiger partial charge on any atom is -0.394 e. The zero-order chi connectivity index (χ0) is 12.9. The molecule has 0 spiro atoms. The molecule has 0 unspecified atom stereocenters. The van der Waals surface area contributed by atoms with E-state index in [-0.39, 0.29) is 17.9 Å². The van der Waals surface area contributed by atoms with Crippen LogP contribution in [0.5, 0.6) is 0 Å². The average Bonchev–Trinajstić information content (AvgIpc) is 2.86. The quantitative estimate of drug-likeness (QED) is 0.654. The second-order valence-corrected chi connectivity index (χ2v) is 5.29. The number of nitrogens with two attached hydrogens (primary N) is 1. The Morgan fingerprint density at radius 1 is 1.35 bits per heavy atom. The van der Waals surface area contributed by atoms with Gasteiger partial charge in [-0.1, -0.05) is 26.7 Å². The average molecular weight is 242 g/mol. The van der Waals surface area contributed by atoms with Crippen LogP contribution in [-0.2, 0) is 4.79 Å². The maximum atomic E-state index is 12.4. The minimum absolute atomic E-state index is 0.00755. The van der Waals surface area contributed by atoms with Gasteiger partial charge in [0.15, 0.2) is 0 Å². The van der Waals surface area contributed by atoms with Gasteiger partial charge < -0.3 is 16.2 Å². The monoisotopic (exact) mass is 242 g/mol. The van der Waals surface area contributed by atoms with E-state index in [1.807, 2.05) is 13.8 Å². The van der Waals surface area contributed by atoms with Crippen molar-refractivity contribution in [3.8, 4) is 0 Å². The van der Waals surface area contributed by atoms with Crippen LogP contribution in [0.25, 0.3) is 0 Å². The molecule has 4 N–H and O–H groups in total. The molecule has 0 aromatic heterocycles. The van der Waals surface area contributed by atoms with Gasteiger partial charge in [0.1, 0.15) is 0 Å². The molecule has 1 amide bonds. The molecule has 0 aliphatic heterocycles. The molecule has 0 radical (unpaired) electrons. The van der Waals surface area contributed by atoms with Crippen LogP contribution in [0.15, 0.2) is 0 Å². The van der Waals surface area contributed by atoms with Gasteiger partial charge in [0.2, 0.25) is 5.91 Å². The van der Waals surface area contributed by atoms with E-state index in [0.717, 1.165) is 38.5 Å². The van der Waals surface area contributed by atoms with Crippen LogP contribution in [0, 0.1) is 5.41 Å². The first-order valence-corrected chi connectivity index (χ1v) is 6.71. The van der Waals surface area contributed by atoms with Crippen LogP contribution < -0.4 is 11.1 Å². The van der Waals surface area contributed by atoms with Crippen molar-refractivity contribution >= 4 is 5.91 Å². The summed E-state index contributed by atoms with van der Waals surface area (Å²) < 4.78 is 0. The van der Waals surface area contributed by atoms with Gasteiger partial charge in [0.25, 0.3) is 0 Å². The summed E-state index contributed by atoms with van der Waals surface area (Å²) in [4.78, 5) is 12.4. The molecule has 1 aliphatic rings. The van der Waals surface area contributed by atoms with Gasteiger partial charge >= 0.3 is 0 Å². The number of carbonyl (C=O) groups is 1. The van der Waals surface area contributed by atoms with E-state index in [0.29, 0.717) is 6.54 Å².